The van der Waals surface area contributed by atoms with Crippen LogP contribution in [0.3, 0.4) is 0 Å². The fourth-order valence-corrected chi connectivity index (χ4v) is 0.705. The monoisotopic (exact) mass is 152 g/mol. The molecule has 0 saturated carbocycles. The standard InChI is InChI=1S/C4H8O4S/c1-4(2-3-5)8-9(6)7/h3-4,9H,2H2,1H3. The number of rotatable bonds is 4. The summed E-state index contributed by atoms with van der Waals surface area (Å²) in [4.78, 5) is 9.72. The third kappa shape index (κ3) is 5.45. The summed E-state index contributed by atoms with van der Waals surface area (Å²) in [6.07, 6.45) is 0.205. The van der Waals surface area contributed by atoms with E-state index in [0.29, 0.717) is 6.29 Å². The molecule has 0 aromatic heterocycles. The molecule has 0 amide bonds. The average molecular weight is 152 g/mol. The first-order valence-corrected chi connectivity index (χ1v) is 3.51. The lowest BCUT2D eigenvalue weighted by atomic mass is 10.3. The maximum absolute atomic E-state index is 9.78. The van der Waals surface area contributed by atoms with Gasteiger partial charge in [-0.05, 0) is 6.92 Å². The largest absolute Gasteiger partial charge is 0.303 e. The van der Waals surface area contributed by atoms with E-state index in [1.165, 1.54) is 6.92 Å². The van der Waals surface area contributed by atoms with Gasteiger partial charge in [-0.3, -0.25) is 4.18 Å². The van der Waals surface area contributed by atoms with Crippen LogP contribution in [0.15, 0.2) is 0 Å². The highest BCUT2D eigenvalue weighted by Crippen LogP contribution is 1.92. The van der Waals surface area contributed by atoms with Crippen LogP contribution in [0.4, 0.5) is 0 Å². The number of thiol groups is 1. The SMILES string of the molecule is CC(CC=O)O[SH](=O)=O. The third-order valence-electron chi connectivity index (χ3n) is 0.694. The van der Waals surface area contributed by atoms with Crippen molar-refractivity contribution in [3.8, 4) is 0 Å². The molecular weight excluding hydrogens is 144 g/mol. The topological polar surface area (TPSA) is 60.4 Å². The summed E-state index contributed by atoms with van der Waals surface area (Å²) in [5, 5.41) is 0. The van der Waals surface area contributed by atoms with E-state index in [1.807, 2.05) is 0 Å². The van der Waals surface area contributed by atoms with Crippen LogP contribution in [0.25, 0.3) is 0 Å². The van der Waals surface area contributed by atoms with E-state index in [4.69, 9.17) is 0 Å². The molecule has 0 aliphatic carbocycles. The van der Waals surface area contributed by atoms with Gasteiger partial charge in [0, 0.05) is 6.42 Å². The molecule has 0 heterocycles. The summed E-state index contributed by atoms with van der Waals surface area (Å²) in [5.41, 5.74) is 0. The first kappa shape index (κ1) is 8.58. The van der Waals surface area contributed by atoms with Crippen LogP contribution in [0.1, 0.15) is 13.3 Å². The van der Waals surface area contributed by atoms with E-state index in [9.17, 15) is 13.2 Å². The fraction of sp³-hybridized carbons (Fsp3) is 0.750. The van der Waals surface area contributed by atoms with Crippen LogP contribution < -0.4 is 0 Å². The maximum atomic E-state index is 9.78. The zero-order valence-corrected chi connectivity index (χ0v) is 5.84. The van der Waals surface area contributed by atoms with Crippen LogP contribution in [0.5, 0.6) is 0 Å². The molecule has 0 N–H and O–H groups in total. The minimum absolute atomic E-state index is 0.114. The third-order valence-corrected chi connectivity index (χ3v) is 1.23. The number of hydrogen-bond acceptors (Lipinski definition) is 4. The predicted molar refractivity (Wildman–Crippen MR) is 31.5 cm³/mol. The Morgan fingerprint density at radius 3 is 2.56 bits per heavy atom. The van der Waals surface area contributed by atoms with Gasteiger partial charge < -0.3 is 4.79 Å². The van der Waals surface area contributed by atoms with Crippen molar-refractivity contribution < 1.29 is 17.4 Å². The normalized spacial score (nSPS) is 13.6. The van der Waals surface area contributed by atoms with Gasteiger partial charge in [-0.15, -0.1) is 0 Å². The lowest BCUT2D eigenvalue weighted by Crippen LogP contribution is -2.06. The van der Waals surface area contributed by atoms with E-state index < -0.39 is 17.1 Å². The predicted octanol–water partition coefficient (Wildman–Crippen LogP) is -0.493. The molecule has 9 heavy (non-hydrogen) atoms. The summed E-state index contributed by atoms with van der Waals surface area (Å²) >= 11 is 0. The summed E-state index contributed by atoms with van der Waals surface area (Å²) in [5.74, 6) is 0. The molecule has 0 aromatic rings. The molecule has 0 saturated heterocycles. The smallest absolute Gasteiger partial charge is 0.257 e. The molecule has 0 bridgehead atoms. The molecule has 0 fully saturated rings. The van der Waals surface area contributed by atoms with Gasteiger partial charge in [-0.25, -0.2) is 8.42 Å². The van der Waals surface area contributed by atoms with Gasteiger partial charge in [0.1, 0.15) is 6.29 Å². The van der Waals surface area contributed by atoms with Gasteiger partial charge in [0.05, 0.1) is 6.10 Å². The zero-order valence-electron chi connectivity index (χ0n) is 4.94. The van der Waals surface area contributed by atoms with Crippen LogP contribution in [0, 0.1) is 0 Å². The van der Waals surface area contributed by atoms with Crippen molar-refractivity contribution >= 4 is 17.3 Å². The van der Waals surface area contributed by atoms with Gasteiger partial charge in [0.2, 0.25) is 0 Å². The maximum Gasteiger partial charge on any atom is 0.257 e. The quantitative estimate of drug-likeness (QED) is 0.436. The van der Waals surface area contributed by atoms with E-state index in [0.717, 1.165) is 0 Å². The molecule has 0 aromatic carbocycles. The Morgan fingerprint density at radius 1 is 1.67 bits per heavy atom. The summed E-state index contributed by atoms with van der Waals surface area (Å²) in [7, 11) is -2.81. The zero-order chi connectivity index (χ0) is 7.28. The van der Waals surface area contributed by atoms with E-state index >= 15 is 0 Å². The highest BCUT2D eigenvalue weighted by molar-refractivity contribution is 7.67. The molecule has 5 heteroatoms. The molecular formula is C4H8O4S. The second kappa shape index (κ2) is 4.46. The highest BCUT2D eigenvalue weighted by Gasteiger charge is 1.99. The van der Waals surface area contributed by atoms with E-state index in [1.54, 1.807) is 0 Å². The summed E-state index contributed by atoms with van der Waals surface area (Å²) < 4.78 is 23.8. The second-order valence-corrected chi connectivity index (χ2v) is 2.20. The highest BCUT2D eigenvalue weighted by atomic mass is 32.2. The van der Waals surface area contributed by atoms with E-state index in [-0.39, 0.29) is 6.42 Å². The molecule has 0 rings (SSSR count). The minimum Gasteiger partial charge on any atom is -0.303 e. The Bertz CT molecular complexity index is 143. The van der Waals surface area contributed by atoms with Crippen molar-refractivity contribution in [1.82, 2.24) is 0 Å². The van der Waals surface area contributed by atoms with Gasteiger partial charge >= 0.3 is 0 Å². The molecule has 4 nitrogen and oxygen atoms in total. The van der Waals surface area contributed by atoms with Gasteiger partial charge in [0.25, 0.3) is 11.0 Å². The first-order valence-electron chi connectivity index (χ1n) is 2.41. The number of aldehydes is 1. The average Bonchev–Trinajstić information content (AvgIpc) is 1.63. The second-order valence-electron chi connectivity index (χ2n) is 1.54. The molecule has 0 spiro atoms. The molecule has 1 atom stereocenters. The number of hydrogen-bond donors (Lipinski definition) is 1. The van der Waals surface area contributed by atoms with Crippen LogP contribution in [-0.4, -0.2) is 20.8 Å². The van der Waals surface area contributed by atoms with Crippen molar-refractivity contribution in [3.63, 3.8) is 0 Å². The van der Waals surface area contributed by atoms with Crippen molar-refractivity contribution in [2.24, 2.45) is 0 Å². The van der Waals surface area contributed by atoms with Crippen LogP contribution in [0.2, 0.25) is 0 Å². The Kier molecular flexibility index (Phi) is 4.25. The van der Waals surface area contributed by atoms with Crippen molar-refractivity contribution in [2.75, 3.05) is 0 Å². The van der Waals surface area contributed by atoms with Crippen LogP contribution >= 0.6 is 0 Å². The Morgan fingerprint density at radius 2 is 2.22 bits per heavy atom. The van der Waals surface area contributed by atoms with E-state index in [2.05, 4.69) is 4.18 Å². The lowest BCUT2D eigenvalue weighted by molar-refractivity contribution is -0.108. The summed E-state index contributed by atoms with van der Waals surface area (Å²) in [6.45, 7) is 1.51. The first-order chi connectivity index (χ1) is 4.16. The van der Waals surface area contributed by atoms with Gasteiger partial charge in [0.15, 0.2) is 0 Å². The number of carbonyl (C=O) groups is 1. The van der Waals surface area contributed by atoms with Gasteiger partial charge in [-0.1, -0.05) is 0 Å². The molecule has 1 unspecified atom stereocenters. The lowest BCUT2D eigenvalue weighted by Gasteiger charge is -1.99. The fourth-order valence-electron chi connectivity index (χ4n) is 0.325. The number of carbonyl (C=O) groups excluding carboxylic acids is 1. The Labute approximate surface area is 55.0 Å². The summed E-state index contributed by atoms with van der Waals surface area (Å²) in [6, 6.07) is 0. The molecule has 54 valence electrons. The van der Waals surface area contributed by atoms with Gasteiger partial charge in [-0.2, -0.15) is 0 Å². The van der Waals surface area contributed by atoms with Crippen molar-refractivity contribution in [3.05, 3.63) is 0 Å². The molecule has 0 aliphatic rings. The molecule has 0 radical (unpaired) electrons. The Hall–Kier alpha value is -0.420. The minimum atomic E-state index is -2.81. The van der Waals surface area contributed by atoms with Crippen molar-refractivity contribution in [2.45, 2.75) is 19.4 Å². The Balaban J connectivity index is 3.49. The van der Waals surface area contributed by atoms with Crippen LogP contribution in [-0.2, 0) is 20.0 Å². The van der Waals surface area contributed by atoms with Crippen molar-refractivity contribution in [1.29, 1.82) is 0 Å². The molecule has 0 aliphatic heterocycles.